The number of nitrogens with zero attached hydrogens (tertiary/aromatic N) is 1. The van der Waals surface area contributed by atoms with E-state index in [1.165, 1.54) is 13.3 Å². The van der Waals surface area contributed by atoms with Gasteiger partial charge < -0.3 is 19.8 Å². The summed E-state index contributed by atoms with van der Waals surface area (Å²) in [7, 11) is 1.28. The Kier molecular flexibility index (Phi) is 4.92. The monoisotopic (exact) mass is 289 g/mol. The average molecular weight is 289 g/mol. The maximum Gasteiger partial charge on any atom is 0.407 e. The van der Waals surface area contributed by atoms with Gasteiger partial charge in [0.2, 0.25) is 0 Å². The number of aromatic amines is 1. The van der Waals surface area contributed by atoms with Crippen molar-refractivity contribution in [3.63, 3.8) is 0 Å². The fourth-order valence-electron chi connectivity index (χ4n) is 1.60. The number of aromatic nitrogens is 2. The number of carbonyl (C=O) groups excluding carboxylic acids is 2. The van der Waals surface area contributed by atoms with Gasteiger partial charge in [0.05, 0.1) is 19.9 Å². The third kappa shape index (κ3) is 4.34. The second-order valence-corrected chi connectivity index (χ2v) is 4.15. The zero-order chi connectivity index (χ0) is 15.1. The van der Waals surface area contributed by atoms with E-state index in [9.17, 15) is 9.59 Å². The lowest BCUT2D eigenvalue weighted by Crippen LogP contribution is -2.24. The number of methoxy groups -OCH3 is 1. The molecule has 0 aliphatic carbocycles. The van der Waals surface area contributed by atoms with Crippen LogP contribution in [-0.4, -0.2) is 29.1 Å². The van der Waals surface area contributed by atoms with Gasteiger partial charge in [-0.3, -0.25) is 0 Å². The predicted octanol–water partition coefficient (Wildman–Crippen LogP) is 1.62. The summed E-state index contributed by atoms with van der Waals surface area (Å²) in [6, 6.07) is 9.35. The molecular formula is C14H15N3O4. The highest BCUT2D eigenvalue weighted by molar-refractivity contribution is 5.86. The highest BCUT2D eigenvalue weighted by Gasteiger charge is 2.10. The zero-order valence-corrected chi connectivity index (χ0v) is 11.5. The highest BCUT2D eigenvalue weighted by atomic mass is 16.5. The van der Waals surface area contributed by atoms with Crippen molar-refractivity contribution < 1.29 is 19.1 Å². The number of hydrogen-bond donors (Lipinski definition) is 2. The van der Waals surface area contributed by atoms with Crippen LogP contribution >= 0.6 is 0 Å². The van der Waals surface area contributed by atoms with Gasteiger partial charge in [-0.25, -0.2) is 14.6 Å². The Morgan fingerprint density at radius 2 is 2.05 bits per heavy atom. The van der Waals surface area contributed by atoms with Crippen molar-refractivity contribution in [2.24, 2.45) is 0 Å². The number of imidazole rings is 1. The van der Waals surface area contributed by atoms with E-state index in [4.69, 9.17) is 4.74 Å². The highest BCUT2D eigenvalue weighted by Crippen LogP contribution is 2.01. The summed E-state index contributed by atoms with van der Waals surface area (Å²) >= 11 is 0. The number of hydrogen-bond acceptors (Lipinski definition) is 5. The van der Waals surface area contributed by atoms with E-state index in [2.05, 4.69) is 20.0 Å². The number of carbonyl (C=O) groups is 2. The third-order valence-corrected chi connectivity index (χ3v) is 2.65. The van der Waals surface area contributed by atoms with E-state index in [1.807, 2.05) is 30.3 Å². The van der Waals surface area contributed by atoms with E-state index < -0.39 is 12.1 Å². The third-order valence-electron chi connectivity index (χ3n) is 2.65. The number of esters is 1. The molecule has 0 saturated heterocycles. The molecule has 0 fully saturated rings. The van der Waals surface area contributed by atoms with Gasteiger partial charge in [-0.15, -0.1) is 0 Å². The molecule has 1 aromatic carbocycles. The standard InChI is InChI=1S/C14H15N3O4/c1-20-13(18)11-7-15-12(17-11)8-16-14(19)21-9-10-5-3-2-4-6-10/h2-7H,8-9H2,1H3,(H,15,17)(H,16,19). The summed E-state index contributed by atoms with van der Waals surface area (Å²) in [5.41, 5.74) is 1.13. The van der Waals surface area contributed by atoms with Crippen molar-refractivity contribution in [3.05, 3.63) is 53.6 Å². The average Bonchev–Trinajstić information content (AvgIpc) is 3.00. The molecule has 110 valence electrons. The first-order chi connectivity index (χ1) is 10.2. The molecule has 1 heterocycles. The molecule has 7 heteroatoms. The van der Waals surface area contributed by atoms with Crippen molar-refractivity contribution in [1.29, 1.82) is 0 Å². The minimum absolute atomic E-state index is 0.130. The molecular weight excluding hydrogens is 274 g/mol. The fourth-order valence-corrected chi connectivity index (χ4v) is 1.60. The number of ether oxygens (including phenoxy) is 2. The van der Waals surface area contributed by atoms with Crippen LogP contribution in [0.3, 0.4) is 0 Å². The summed E-state index contributed by atoms with van der Waals surface area (Å²) in [5, 5.41) is 2.53. The van der Waals surface area contributed by atoms with E-state index >= 15 is 0 Å². The normalized spacial score (nSPS) is 9.95. The van der Waals surface area contributed by atoms with Crippen molar-refractivity contribution in [2.45, 2.75) is 13.2 Å². The van der Waals surface area contributed by atoms with Crippen LogP contribution in [0.15, 0.2) is 36.5 Å². The molecule has 0 spiro atoms. The lowest BCUT2D eigenvalue weighted by molar-refractivity contribution is 0.0594. The number of H-pyrrole nitrogens is 1. The van der Waals surface area contributed by atoms with Crippen molar-refractivity contribution in [2.75, 3.05) is 7.11 Å². The SMILES string of the molecule is COC(=O)c1cnc(CNC(=O)OCc2ccccc2)[nH]1. The summed E-state index contributed by atoms with van der Waals surface area (Å²) in [6.07, 6.45) is 0.785. The van der Waals surface area contributed by atoms with E-state index in [0.717, 1.165) is 5.56 Å². The first-order valence-corrected chi connectivity index (χ1v) is 6.26. The quantitative estimate of drug-likeness (QED) is 0.816. The van der Waals surface area contributed by atoms with Crippen LogP contribution in [0.1, 0.15) is 21.9 Å². The molecule has 2 N–H and O–H groups in total. The minimum atomic E-state index is -0.560. The van der Waals surface area contributed by atoms with E-state index in [-0.39, 0.29) is 18.8 Å². The molecule has 7 nitrogen and oxygen atoms in total. The Labute approximate surface area is 121 Å². The molecule has 21 heavy (non-hydrogen) atoms. The molecule has 0 saturated carbocycles. The molecule has 0 aliphatic rings. The Bertz CT molecular complexity index is 610. The number of amides is 1. The van der Waals surface area contributed by atoms with Gasteiger partial charge in [0.1, 0.15) is 18.1 Å². The zero-order valence-electron chi connectivity index (χ0n) is 11.5. The number of alkyl carbamates (subject to hydrolysis) is 1. The molecule has 0 radical (unpaired) electrons. The van der Waals surface area contributed by atoms with Crippen LogP contribution in [0.25, 0.3) is 0 Å². The summed E-state index contributed by atoms with van der Waals surface area (Å²) in [5.74, 6) is -0.0764. The first kappa shape index (κ1) is 14.6. The van der Waals surface area contributed by atoms with E-state index in [0.29, 0.717) is 5.82 Å². The van der Waals surface area contributed by atoms with Gasteiger partial charge in [-0.2, -0.15) is 0 Å². The second kappa shape index (κ2) is 7.09. The van der Waals surface area contributed by atoms with Gasteiger partial charge in [0.25, 0.3) is 0 Å². The maximum atomic E-state index is 11.5. The van der Waals surface area contributed by atoms with Crippen LogP contribution in [-0.2, 0) is 22.6 Å². The number of benzene rings is 1. The van der Waals surface area contributed by atoms with Crippen molar-refractivity contribution >= 4 is 12.1 Å². The molecule has 0 bridgehead atoms. The Hall–Kier alpha value is -2.83. The van der Waals surface area contributed by atoms with Crippen LogP contribution in [0.5, 0.6) is 0 Å². The maximum absolute atomic E-state index is 11.5. The molecule has 1 aromatic heterocycles. The first-order valence-electron chi connectivity index (χ1n) is 6.26. The van der Waals surface area contributed by atoms with Crippen LogP contribution in [0, 0.1) is 0 Å². The second-order valence-electron chi connectivity index (χ2n) is 4.15. The number of rotatable bonds is 5. The fraction of sp³-hybridized carbons (Fsp3) is 0.214. The molecule has 0 aliphatic heterocycles. The molecule has 1 amide bonds. The van der Waals surface area contributed by atoms with Crippen LogP contribution in [0.2, 0.25) is 0 Å². The Balaban J connectivity index is 1.76. The van der Waals surface area contributed by atoms with E-state index in [1.54, 1.807) is 0 Å². The lowest BCUT2D eigenvalue weighted by atomic mass is 10.2. The van der Waals surface area contributed by atoms with Crippen molar-refractivity contribution in [3.8, 4) is 0 Å². The molecule has 0 unspecified atom stereocenters. The van der Waals surface area contributed by atoms with Gasteiger partial charge in [-0.1, -0.05) is 30.3 Å². The number of nitrogens with one attached hydrogen (secondary N) is 2. The Morgan fingerprint density at radius 1 is 1.29 bits per heavy atom. The smallest absolute Gasteiger partial charge is 0.407 e. The molecule has 0 atom stereocenters. The topological polar surface area (TPSA) is 93.3 Å². The van der Waals surface area contributed by atoms with Gasteiger partial charge in [-0.05, 0) is 5.56 Å². The summed E-state index contributed by atoms with van der Waals surface area (Å²) in [4.78, 5) is 29.4. The predicted molar refractivity (Wildman–Crippen MR) is 73.4 cm³/mol. The van der Waals surface area contributed by atoms with Crippen molar-refractivity contribution in [1.82, 2.24) is 15.3 Å². The van der Waals surface area contributed by atoms with Crippen LogP contribution in [0.4, 0.5) is 4.79 Å². The lowest BCUT2D eigenvalue weighted by Gasteiger charge is -2.05. The largest absolute Gasteiger partial charge is 0.464 e. The Morgan fingerprint density at radius 3 is 2.76 bits per heavy atom. The minimum Gasteiger partial charge on any atom is -0.464 e. The summed E-state index contributed by atoms with van der Waals surface area (Å²) in [6.45, 7) is 0.322. The molecule has 2 aromatic rings. The summed E-state index contributed by atoms with van der Waals surface area (Å²) < 4.78 is 9.58. The van der Waals surface area contributed by atoms with Gasteiger partial charge in [0, 0.05) is 0 Å². The van der Waals surface area contributed by atoms with Gasteiger partial charge >= 0.3 is 12.1 Å². The van der Waals surface area contributed by atoms with Crippen LogP contribution < -0.4 is 5.32 Å². The van der Waals surface area contributed by atoms with Gasteiger partial charge in [0.15, 0.2) is 0 Å². The molecule has 2 rings (SSSR count).